The summed E-state index contributed by atoms with van der Waals surface area (Å²) in [4.78, 5) is 23.1. The number of amides is 1. The predicted molar refractivity (Wildman–Crippen MR) is 111 cm³/mol. The molecule has 1 saturated heterocycles. The zero-order valence-electron chi connectivity index (χ0n) is 16.1. The second kappa shape index (κ2) is 8.82. The summed E-state index contributed by atoms with van der Waals surface area (Å²) in [7, 11) is 0. The van der Waals surface area contributed by atoms with E-state index in [0.717, 1.165) is 38.2 Å². The Balaban J connectivity index is 1.36. The molecular weight excluding hydrogens is 367 g/mol. The van der Waals surface area contributed by atoms with Gasteiger partial charge in [-0.1, -0.05) is 30.3 Å². The number of rotatable bonds is 5. The molecule has 0 unspecified atom stereocenters. The van der Waals surface area contributed by atoms with Gasteiger partial charge in [0.15, 0.2) is 0 Å². The number of nitrogens with one attached hydrogen (secondary N) is 1. The summed E-state index contributed by atoms with van der Waals surface area (Å²) in [6.45, 7) is 1.82. The molecule has 2 heterocycles. The Morgan fingerprint density at radius 3 is 2.48 bits per heavy atom. The van der Waals surface area contributed by atoms with Crippen molar-refractivity contribution in [3.63, 3.8) is 0 Å². The van der Waals surface area contributed by atoms with Crippen LogP contribution in [-0.2, 0) is 6.42 Å². The maximum absolute atomic E-state index is 13.0. The number of carbonyl (C=O) groups is 1. The molecule has 6 heteroatoms. The summed E-state index contributed by atoms with van der Waals surface area (Å²) < 4.78 is 13.0. The summed E-state index contributed by atoms with van der Waals surface area (Å²) >= 11 is 0. The van der Waals surface area contributed by atoms with Crippen LogP contribution in [0.25, 0.3) is 0 Å². The number of nitrogens with zero attached hydrogens (tertiary/aromatic N) is 3. The van der Waals surface area contributed by atoms with Crippen molar-refractivity contribution in [1.82, 2.24) is 9.97 Å². The fourth-order valence-corrected chi connectivity index (χ4v) is 3.69. The van der Waals surface area contributed by atoms with Crippen LogP contribution in [0.15, 0.2) is 67.0 Å². The lowest BCUT2D eigenvalue weighted by Gasteiger charge is -2.33. The van der Waals surface area contributed by atoms with E-state index in [1.54, 1.807) is 6.07 Å². The molecular formula is C23H23FN4O. The highest BCUT2D eigenvalue weighted by Gasteiger charge is 2.21. The van der Waals surface area contributed by atoms with E-state index in [4.69, 9.17) is 0 Å². The number of halogens is 1. The highest BCUT2D eigenvalue weighted by Crippen LogP contribution is 2.25. The van der Waals surface area contributed by atoms with E-state index >= 15 is 0 Å². The van der Waals surface area contributed by atoms with Gasteiger partial charge in [-0.3, -0.25) is 4.79 Å². The average molecular weight is 390 g/mol. The number of anilines is 2. The summed E-state index contributed by atoms with van der Waals surface area (Å²) in [6, 6.07) is 18.0. The third-order valence-corrected chi connectivity index (χ3v) is 5.29. The van der Waals surface area contributed by atoms with Crippen LogP contribution in [0.5, 0.6) is 0 Å². The highest BCUT2D eigenvalue weighted by atomic mass is 19.1. The van der Waals surface area contributed by atoms with Crippen molar-refractivity contribution < 1.29 is 9.18 Å². The predicted octanol–water partition coefficient (Wildman–Crippen LogP) is 4.33. The minimum absolute atomic E-state index is 0.297. The van der Waals surface area contributed by atoms with Gasteiger partial charge in [-0.15, -0.1) is 0 Å². The Labute approximate surface area is 169 Å². The van der Waals surface area contributed by atoms with Gasteiger partial charge in [-0.25, -0.2) is 14.4 Å². The number of piperidine rings is 1. The van der Waals surface area contributed by atoms with Crippen LogP contribution in [0, 0.1) is 11.7 Å². The molecule has 29 heavy (non-hydrogen) atoms. The molecule has 1 aliphatic rings. The van der Waals surface area contributed by atoms with E-state index in [2.05, 4.69) is 44.5 Å². The summed E-state index contributed by atoms with van der Waals surface area (Å²) in [5.74, 6) is 0.751. The first-order valence-electron chi connectivity index (χ1n) is 9.85. The Morgan fingerprint density at radius 2 is 1.76 bits per heavy atom. The van der Waals surface area contributed by atoms with E-state index in [1.165, 1.54) is 36.2 Å². The first-order valence-corrected chi connectivity index (χ1v) is 9.85. The monoisotopic (exact) mass is 390 g/mol. The standard InChI is InChI=1S/C23H23FN4O/c24-19-6-8-20(9-7-19)27-23(29)21-15-22(26-16-25-21)28-12-10-18(11-13-28)14-17-4-2-1-3-5-17/h1-9,15-16,18H,10-14H2,(H,27,29). The van der Waals surface area contributed by atoms with Crippen LogP contribution >= 0.6 is 0 Å². The quantitative estimate of drug-likeness (QED) is 0.705. The molecule has 3 aromatic rings. The van der Waals surface area contributed by atoms with Crippen molar-refractivity contribution in [2.75, 3.05) is 23.3 Å². The second-order valence-corrected chi connectivity index (χ2v) is 7.34. The largest absolute Gasteiger partial charge is 0.356 e. The van der Waals surface area contributed by atoms with Crippen LogP contribution in [-0.4, -0.2) is 29.0 Å². The normalized spacial score (nSPS) is 14.6. The van der Waals surface area contributed by atoms with E-state index in [-0.39, 0.29) is 11.7 Å². The minimum Gasteiger partial charge on any atom is -0.356 e. The number of hydrogen-bond donors (Lipinski definition) is 1. The maximum atomic E-state index is 13.0. The average Bonchev–Trinajstić information content (AvgIpc) is 2.77. The molecule has 5 nitrogen and oxygen atoms in total. The SMILES string of the molecule is O=C(Nc1ccc(F)cc1)c1cc(N2CCC(Cc3ccccc3)CC2)ncn1. The molecule has 0 saturated carbocycles. The van der Waals surface area contributed by atoms with Crippen molar-refractivity contribution in [2.24, 2.45) is 5.92 Å². The van der Waals surface area contributed by atoms with Crippen molar-refractivity contribution in [3.05, 3.63) is 84.1 Å². The second-order valence-electron chi connectivity index (χ2n) is 7.34. The fourth-order valence-electron chi connectivity index (χ4n) is 3.69. The molecule has 0 aliphatic carbocycles. The molecule has 0 atom stereocenters. The lowest BCUT2D eigenvalue weighted by Crippen LogP contribution is -2.35. The molecule has 1 fully saturated rings. The molecule has 1 aromatic heterocycles. The van der Waals surface area contributed by atoms with Crippen molar-refractivity contribution in [1.29, 1.82) is 0 Å². The van der Waals surface area contributed by atoms with Gasteiger partial charge in [0.1, 0.15) is 23.7 Å². The summed E-state index contributed by atoms with van der Waals surface area (Å²) in [5, 5.41) is 2.74. The van der Waals surface area contributed by atoms with Crippen LogP contribution in [0.1, 0.15) is 28.9 Å². The lowest BCUT2D eigenvalue weighted by molar-refractivity contribution is 0.102. The number of benzene rings is 2. The van der Waals surface area contributed by atoms with E-state index in [1.807, 2.05) is 6.07 Å². The Bertz CT molecular complexity index is 954. The molecule has 148 valence electrons. The molecule has 2 aromatic carbocycles. The van der Waals surface area contributed by atoms with Crippen LogP contribution < -0.4 is 10.2 Å². The first kappa shape index (κ1) is 19.1. The molecule has 1 aliphatic heterocycles. The van der Waals surface area contributed by atoms with Gasteiger partial charge in [0.05, 0.1) is 0 Å². The summed E-state index contributed by atoms with van der Waals surface area (Å²) in [6.07, 6.45) is 4.71. The molecule has 4 rings (SSSR count). The molecule has 0 spiro atoms. The Hall–Kier alpha value is -3.28. The maximum Gasteiger partial charge on any atom is 0.274 e. The Kier molecular flexibility index (Phi) is 5.79. The minimum atomic E-state index is -0.344. The fraction of sp³-hybridized carbons (Fsp3) is 0.261. The van der Waals surface area contributed by atoms with Gasteiger partial charge in [-0.05, 0) is 55.0 Å². The zero-order chi connectivity index (χ0) is 20.1. The van der Waals surface area contributed by atoms with E-state index < -0.39 is 0 Å². The zero-order valence-corrected chi connectivity index (χ0v) is 16.1. The number of aromatic nitrogens is 2. The molecule has 1 amide bonds. The van der Waals surface area contributed by atoms with E-state index in [0.29, 0.717) is 17.3 Å². The topological polar surface area (TPSA) is 58.1 Å². The first-order chi connectivity index (χ1) is 14.2. The van der Waals surface area contributed by atoms with Gasteiger partial charge in [0.25, 0.3) is 5.91 Å². The van der Waals surface area contributed by atoms with Gasteiger partial charge in [0.2, 0.25) is 0 Å². The number of carbonyl (C=O) groups excluding carboxylic acids is 1. The molecule has 0 bridgehead atoms. The third-order valence-electron chi connectivity index (χ3n) is 5.29. The molecule has 0 radical (unpaired) electrons. The van der Waals surface area contributed by atoms with Crippen LogP contribution in [0.4, 0.5) is 15.9 Å². The lowest BCUT2D eigenvalue weighted by atomic mass is 9.90. The van der Waals surface area contributed by atoms with Gasteiger partial charge >= 0.3 is 0 Å². The van der Waals surface area contributed by atoms with Gasteiger partial charge in [0, 0.05) is 24.8 Å². The van der Waals surface area contributed by atoms with Crippen molar-refractivity contribution in [2.45, 2.75) is 19.3 Å². The van der Waals surface area contributed by atoms with Gasteiger partial charge in [-0.2, -0.15) is 0 Å². The highest BCUT2D eigenvalue weighted by molar-refractivity contribution is 6.03. The van der Waals surface area contributed by atoms with Crippen molar-refractivity contribution >= 4 is 17.4 Å². The number of hydrogen-bond acceptors (Lipinski definition) is 4. The van der Waals surface area contributed by atoms with Gasteiger partial charge < -0.3 is 10.2 Å². The Morgan fingerprint density at radius 1 is 1.03 bits per heavy atom. The summed E-state index contributed by atoms with van der Waals surface area (Å²) in [5.41, 5.74) is 2.21. The smallest absolute Gasteiger partial charge is 0.274 e. The third kappa shape index (κ3) is 4.96. The van der Waals surface area contributed by atoms with Crippen molar-refractivity contribution in [3.8, 4) is 0 Å². The van der Waals surface area contributed by atoms with Crippen LogP contribution in [0.3, 0.4) is 0 Å². The van der Waals surface area contributed by atoms with E-state index in [9.17, 15) is 9.18 Å². The molecule has 1 N–H and O–H groups in total. The van der Waals surface area contributed by atoms with Crippen LogP contribution in [0.2, 0.25) is 0 Å².